The van der Waals surface area contributed by atoms with Crippen molar-refractivity contribution in [3.05, 3.63) is 0 Å². The van der Waals surface area contributed by atoms with E-state index in [4.69, 9.17) is 0 Å². The van der Waals surface area contributed by atoms with E-state index in [1.807, 2.05) is 0 Å². The van der Waals surface area contributed by atoms with E-state index < -0.39 is 11.6 Å². The number of carbonyl (C=O) groups is 2. The fraction of sp³-hybridized carbons (Fsp3) is 0.867. The predicted molar refractivity (Wildman–Crippen MR) is 79.8 cm³/mol. The third-order valence-electron chi connectivity index (χ3n) is 4.46. The monoisotopic (exact) mass is 297 g/mol. The standard InChI is InChI=1S/C15H27N3O3/c1-18(11-15(21)8-4-5-9-15)10-13(19)17-14(20)16-12-6-2-3-7-12/h12,21H,2-11H2,1H3,(H2,16,17,19,20). The highest BCUT2D eigenvalue weighted by molar-refractivity contribution is 5.95. The van der Waals surface area contributed by atoms with Crippen molar-refractivity contribution < 1.29 is 14.7 Å². The number of hydrogen-bond acceptors (Lipinski definition) is 4. The van der Waals surface area contributed by atoms with Gasteiger partial charge in [0, 0.05) is 12.6 Å². The van der Waals surface area contributed by atoms with E-state index >= 15 is 0 Å². The van der Waals surface area contributed by atoms with Crippen LogP contribution in [0.15, 0.2) is 0 Å². The smallest absolute Gasteiger partial charge is 0.321 e. The summed E-state index contributed by atoms with van der Waals surface area (Å²) in [5.41, 5.74) is -0.666. The van der Waals surface area contributed by atoms with Crippen LogP contribution in [-0.4, -0.2) is 53.7 Å². The molecule has 0 atom stereocenters. The van der Waals surface area contributed by atoms with Gasteiger partial charge in [0.05, 0.1) is 12.1 Å². The maximum atomic E-state index is 11.8. The lowest BCUT2D eigenvalue weighted by Gasteiger charge is -2.28. The summed E-state index contributed by atoms with van der Waals surface area (Å²) in [6, 6.07) is -0.199. The van der Waals surface area contributed by atoms with Gasteiger partial charge >= 0.3 is 6.03 Å². The molecular formula is C15H27N3O3. The average Bonchev–Trinajstić information content (AvgIpc) is 3.00. The summed E-state index contributed by atoms with van der Waals surface area (Å²) >= 11 is 0. The van der Waals surface area contributed by atoms with Gasteiger partial charge in [-0.3, -0.25) is 15.0 Å². The van der Waals surface area contributed by atoms with E-state index in [1.165, 1.54) is 0 Å². The van der Waals surface area contributed by atoms with E-state index in [-0.39, 0.29) is 18.5 Å². The van der Waals surface area contributed by atoms with E-state index in [0.29, 0.717) is 6.54 Å². The van der Waals surface area contributed by atoms with Crippen molar-refractivity contribution in [2.75, 3.05) is 20.1 Å². The summed E-state index contributed by atoms with van der Waals surface area (Å²) in [4.78, 5) is 25.3. The molecule has 6 nitrogen and oxygen atoms in total. The molecule has 120 valence electrons. The Morgan fingerprint density at radius 2 is 1.81 bits per heavy atom. The Bertz CT molecular complexity index is 374. The molecule has 2 aliphatic rings. The average molecular weight is 297 g/mol. The number of nitrogens with zero attached hydrogens (tertiary/aromatic N) is 1. The summed E-state index contributed by atoms with van der Waals surface area (Å²) in [7, 11) is 1.80. The van der Waals surface area contributed by atoms with Gasteiger partial charge in [-0.1, -0.05) is 25.7 Å². The molecule has 2 aliphatic carbocycles. The predicted octanol–water partition coefficient (Wildman–Crippen LogP) is 0.992. The first-order valence-electron chi connectivity index (χ1n) is 7.98. The van der Waals surface area contributed by atoms with E-state index in [0.717, 1.165) is 51.4 Å². The van der Waals surface area contributed by atoms with Crippen molar-refractivity contribution >= 4 is 11.9 Å². The third-order valence-corrected chi connectivity index (χ3v) is 4.46. The fourth-order valence-electron chi connectivity index (χ4n) is 3.45. The van der Waals surface area contributed by atoms with Crippen LogP contribution < -0.4 is 10.6 Å². The molecule has 2 fully saturated rings. The summed E-state index contributed by atoms with van der Waals surface area (Å²) in [6.07, 6.45) is 7.94. The highest BCUT2D eigenvalue weighted by Gasteiger charge is 2.32. The van der Waals surface area contributed by atoms with Crippen molar-refractivity contribution in [3.8, 4) is 0 Å². The Morgan fingerprint density at radius 3 is 2.43 bits per heavy atom. The Balaban J connectivity index is 1.66. The lowest BCUT2D eigenvalue weighted by atomic mass is 10.0. The van der Waals surface area contributed by atoms with Gasteiger partial charge in [0.2, 0.25) is 5.91 Å². The fourth-order valence-corrected chi connectivity index (χ4v) is 3.45. The molecule has 0 aliphatic heterocycles. The first-order valence-corrected chi connectivity index (χ1v) is 7.98. The minimum absolute atomic E-state index is 0.125. The largest absolute Gasteiger partial charge is 0.389 e. The second-order valence-electron chi connectivity index (χ2n) is 6.61. The van der Waals surface area contributed by atoms with Gasteiger partial charge < -0.3 is 10.4 Å². The quantitative estimate of drug-likeness (QED) is 0.707. The zero-order chi connectivity index (χ0) is 15.3. The van der Waals surface area contributed by atoms with Crippen molar-refractivity contribution in [3.63, 3.8) is 0 Å². The maximum Gasteiger partial charge on any atom is 0.321 e. The number of likely N-dealkylation sites (N-methyl/N-ethyl adjacent to an activating group) is 1. The zero-order valence-electron chi connectivity index (χ0n) is 12.9. The van der Waals surface area contributed by atoms with Gasteiger partial charge in [0.25, 0.3) is 0 Å². The number of carbonyl (C=O) groups excluding carboxylic acids is 2. The van der Waals surface area contributed by atoms with Gasteiger partial charge in [-0.15, -0.1) is 0 Å². The number of hydrogen-bond donors (Lipinski definition) is 3. The topological polar surface area (TPSA) is 81.7 Å². The number of imide groups is 1. The molecule has 0 aromatic rings. The molecule has 0 radical (unpaired) electrons. The summed E-state index contributed by atoms with van der Waals surface area (Å²) in [6.45, 7) is 0.602. The lowest BCUT2D eigenvalue weighted by Crippen LogP contribution is -2.48. The van der Waals surface area contributed by atoms with E-state index in [1.54, 1.807) is 11.9 Å². The van der Waals surface area contributed by atoms with E-state index in [2.05, 4.69) is 10.6 Å². The molecule has 3 N–H and O–H groups in total. The highest BCUT2D eigenvalue weighted by atomic mass is 16.3. The van der Waals surface area contributed by atoms with Crippen LogP contribution in [0.5, 0.6) is 0 Å². The minimum Gasteiger partial charge on any atom is -0.389 e. The van der Waals surface area contributed by atoms with Crippen molar-refractivity contribution in [2.45, 2.75) is 63.0 Å². The minimum atomic E-state index is -0.666. The maximum absolute atomic E-state index is 11.8. The van der Waals surface area contributed by atoms with Crippen LogP contribution >= 0.6 is 0 Å². The van der Waals surface area contributed by atoms with E-state index in [9.17, 15) is 14.7 Å². The van der Waals surface area contributed by atoms with Crippen LogP contribution in [-0.2, 0) is 4.79 Å². The number of amides is 3. The molecule has 0 aromatic carbocycles. The Labute approximate surface area is 126 Å². The molecule has 0 spiro atoms. The van der Waals surface area contributed by atoms with Crippen molar-refractivity contribution in [2.24, 2.45) is 0 Å². The van der Waals surface area contributed by atoms with Crippen LogP contribution in [0.1, 0.15) is 51.4 Å². The first-order chi connectivity index (χ1) is 9.97. The number of aliphatic hydroxyl groups is 1. The number of urea groups is 1. The summed E-state index contributed by atoms with van der Waals surface area (Å²) in [5, 5.41) is 15.5. The van der Waals surface area contributed by atoms with Crippen molar-refractivity contribution in [1.29, 1.82) is 0 Å². The van der Waals surface area contributed by atoms with Gasteiger partial charge in [-0.05, 0) is 32.7 Å². The molecule has 3 amide bonds. The Hall–Kier alpha value is -1.14. The normalized spacial score (nSPS) is 21.7. The SMILES string of the molecule is CN(CC(=O)NC(=O)NC1CCCC1)CC1(O)CCCC1. The second kappa shape index (κ2) is 7.22. The third kappa shape index (κ3) is 5.28. The lowest BCUT2D eigenvalue weighted by molar-refractivity contribution is -0.121. The van der Waals surface area contributed by atoms with Gasteiger partial charge in [-0.2, -0.15) is 0 Å². The Kier molecular flexibility index (Phi) is 5.58. The van der Waals surface area contributed by atoms with Crippen molar-refractivity contribution in [1.82, 2.24) is 15.5 Å². The molecule has 0 heterocycles. The first kappa shape index (κ1) is 16.2. The molecule has 2 saturated carbocycles. The highest BCUT2D eigenvalue weighted by Crippen LogP contribution is 2.29. The molecule has 0 bridgehead atoms. The van der Waals surface area contributed by atoms with Crippen LogP contribution in [0, 0.1) is 0 Å². The molecule has 6 heteroatoms. The second-order valence-corrected chi connectivity index (χ2v) is 6.61. The zero-order valence-corrected chi connectivity index (χ0v) is 12.9. The van der Waals surface area contributed by atoms with Gasteiger partial charge in [0.15, 0.2) is 0 Å². The molecular weight excluding hydrogens is 270 g/mol. The summed E-state index contributed by atoms with van der Waals surface area (Å²) in [5.74, 6) is -0.324. The molecule has 0 aromatic heterocycles. The summed E-state index contributed by atoms with van der Waals surface area (Å²) < 4.78 is 0. The molecule has 0 unspecified atom stereocenters. The van der Waals surface area contributed by atoms with Crippen LogP contribution in [0.2, 0.25) is 0 Å². The molecule has 0 saturated heterocycles. The van der Waals surface area contributed by atoms with Gasteiger partial charge in [0.1, 0.15) is 0 Å². The van der Waals surface area contributed by atoms with Crippen LogP contribution in [0.25, 0.3) is 0 Å². The Morgan fingerprint density at radius 1 is 1.19 bits per heavy atom. The molecule has 2 rings (SSSR count). The number of nitrogens with one attached hydrogen (secondary N) is 2. The van der Waals surface area contributed by atoms with Crippen LogP contribution in [0.4, 0.5) is 4.79 Å². The molecule has 21 heavy (non-hydrogen) atoms. The van der Waals surface area contributed by atoms with Crippen LogP contribution in [0.3, 0.4) is 0 Å². The van der Waals surface area contributed by atoms with Gasteiger partial charge in [-0.25, -0.2) is 4.79 Å². The number of rotatable bonds is 5.